The molecular formula is C56H37N3. The molecule has 0 radical (unpaired) electrons. The molecule has 0 aliphatic carbocycles. The number of hydrogen-bond acceptors (Lipinski definition) is 2. The third-order valence-electron chi connectivity index (χ3n) is 11.4. The van der Waals surface area contributed by atoms with Crippen LogP contribution in [0.15, 0.2) is 224 Å². The zero-order chi connectivity index (χ0) is 39.1. The van der Waals surface area contributed by atoms with Crippen LogP contribution in [0, 0.1) is 0 Å². The molecule has 59 heavy (non-hydrogen) atoms. The van der Waals surface area contributed by atoms with Gasteiger partial charge < -0.3 is 0 Å². The Morgan fingerprint density at radius 1 is 0.271 bits per heavy atom. The van der Waals surface area contributed by atoms with Crippen molar-refractivity contribution in [3.8, 4) is 72.8 Å². The number of aromatic nitrogens is 3. The molecule has 0 aliphatic heterocycles. The Morgan fingerprint density at radius 3 is 1.12 bits per heavy atom. The quantitative estimate of drug-likeness (QED) is 0.162. The molecule has 0 aliphatic rings. The van der Waals surface area contributed by atoms with Crippen LogP contribution in [0.2, 0.25) is 0 Å². The summed E-state index contributed by atoms with van der Waals surface area (Å²) in [5.74, 6) is 0.625. The minimum atomic E-state index is 0.625. The molecule has 0 saturated carbocycles. The summed E-state index contributed by atoms with van der Waals surface area (Å²) < 4.78 is 2.34. The second kappa shape index (κ2) is 14.6. The zero-order valence-corrected chi connectivity index (χ0v) is 32.2. The van der Waals surface area contributed by atoms with E-state index in [1.807, 2.05) is 0 Å². The maximum absolute atomic E-state index is 5.60. The number of fused-ring (bicyclic) bond motifs is 4. The topological polar surface area (TPSA) is 30.7 Å². The molecule has 0 spiro atoms. The molecule has 0 bridgehead atoms. The molecular weight excluding hydrogens is 715 g/mol. The van der Waals surface area contributed by atoms with Crippen molar-refractivity contribution in [1.82, 2.24) is 14.5 Å². The second-order valence-corrected chi connectivity index (χ2v) is 15.0. The summed E-state index contributed by atoms with van der Waals surface area (Å²) in [6.07, 6.45) is 0. The van der Waals surface area contributed by atoms with E-state index in [2.05, 4.69) is 229 Å². The smallest absolute Gasteiger partial charge is 0.235 e. The van der Waals surface area contributed by atoms with Crippen molar-refractivity contribution in [3.05, 3.63) is 224 Å². The normalized spacial score (nSPS) is 11.4. The van der Waals surface area contributed by atoms with Crippen LogP contribution in [0.5, 0.6) is 0 Å². The maximum Gasteiger partial charge on any atom is 0.235 e. The third-order valence-corrected chi connectivity index (χ3v) is 11.4. The van der Waals surface area contributed by atoms with Crippen LogP contribution >= 0.6 is 0 Å². The van der Waals surface area contributed by atoms with Crippen LogP contribution < -0.4 is 0 Å². The monoisotopic (exact) mass is 751 g/mol. The van der Waals surface area contributed by atoms with Gasteiger partial charge in [-0.25, -0.2) is 9.97 Å². The summed E-state index contributed by atoms with van der Waals surface area (Å²) >= 11 is 0. The van der Waals surface area contributed by atoms with Crippen molar-refractivity contribution in [2.24, 2.45) is 0 Å². The first kappa shape index (κ1) is 34.4. The fraction of sp³-hybridized carbons (Fsp3) is 0. The molecule has 2 heterocycles. The molecule has 11 rings (SSSR count). The lowest BCUT2D eigenvalue weighted by Crippen LogP contribution is -2.05. The van der Waals surface area contributed by atoms with Gasteiger partial charge in [-0.05, 0) is 74.8 Å². The number of benzene rings is 9. The summed E-state index contributed by atoms with van der Waals surface area (Å²) in [5.41, 5.74) is 16.4. The van der Waals surface area contributed by atoms with Crippen molar-refractivity contribution in [3.63, 3.8) is 0 Å². The zero-order valence-electron chi connectivity index (χ0n) is 32.2. The molecule has 3 nitrogen and oxygen atoms in total. The molecule has 9 aromatic carbocycles. The Morgan fingerprint density at radius 2 is 0.644 bits per heavy atom. The summed E-state index contributed by atoms with van der Waals surface area (Å²) in [5, 5.41) is 3.29. The second-order valence-electron chi connectivity index (χ2n) is 15.0. The summed E-state index contributed by atoms with van der Waals surface area (Å²) in [6, 6.07) is 79.9. The van der Waals surface area contributed by atoms with E-state index in [4.69, 9.17) is 9.97 Å². The van der Waals surface area contributed by atoms with Gasteiger partial charge in [-0.15, -0.1) is 0 Å². The fourth-order valence-corrected chi connectivity index (χ4v) is 8.58. The van der Waals surface area contributed by atoms with E-state index in [9.17, 15) is 0 Å². The molecule has 0 amide bonds. The lowest BCUT2D eigenvalue weighted by Gasteiger charge is -2.16. The van der Waals surface area contributed by atoms with Crippen LogP contribution in [0.25, 0.3) is 106 Å². The van der Waals surface area contributed by atoms with Crippen molar-refractivity contribution in [1.29, 1.82) is 0 Å². The van der Waals surface area contributed by atoms with E-state index in [0.29, 0.717) is 5.95 Å². The van der Waals surface area contributed by atoms with Crippen LogP contribution in [0.1, 0.15) is 0 Å². The highest BCUT2D eigenvalue weighted by atomic mass is 15.2. The first-order valence-electron chi connectivity index (χ1n) is 20.1. The van der Waals surface area contributed by atoms with Gasteiger partial charge in [0.25, 0.3) is 0 Å². The maximum atomic E-state index is 5.60. The first-order chi connectivity index (χ1) is 29.3. The van der Waals surface area contributed by atoms with Crippen LogP contribution in [-0.4, -0.2) is 14.5 Å². The van der Waals surface area contributed by atoms with E-state index in [1.54, 1.807) is 0 Å². The van der Waals surface area contributed by atoms with Gasteiger partial charge in [0.1, 0.15) is 0 Å². The van der Waals surface area contributed by atoms with Crippen LogP contribution in [0.3, 0.4) is 0 Å². The van der Waals surface area contributed by atoms with E-state index >= 15 is 0 Å². The predicted octanol–water partition coefficient (Wildman–Crippen LogP) is 14.7. The van der Waals surface area contributed by atoms with Crippen LogP contribution in [-0.2, 0) is 0 Å². The third kappa shape index (κ3) is 6.17. The van der Waals surface area contributed by atoms with Gasteiger partial charge in [0.15, 0.2) is 0 Å². The minimum Gasteiger partial charge on any atom is -0.277 e. The Labute approximate surface area is 343 Å². The highest BCUT2D eigenvalue weighted by molar-refractivity contribution is 6.19. The van der Waals surface area contributed by atoms with Crippen molar-refractivity contribution < 1.29 is 0 Å². The SMILES string of the molecule is c1ccc(-c2ccc(-c3nc(-n4c5c(-c6ccccc6)cc(-c6ccccc6)cc5c5cc(-c6ccccc6)cc(-c6ccccc6)c54)nc4ccccc34)cc2)cc1. The van der Waals surface area contributed by atoms with E-state index in [0.717, 1.165) is 88.5 Å². The Kier molecular flexibility index (Phi) is 8.49. The fourth-order valence-electron chi connectivity index (χ4n) is 8.58. The lowest BCUT2D eigenvalue weighted by molar-refractivity contribution is 1.01. The molecule has 3 heteroatoms. The number of para-hydroxylation sites is 1. The van der Waals surface area contributed by atoms with Crippen LogP contribution in [0.4, 0.5) is 0 Å². The highest BCUT2D eigenvalue weighted by Crippen LogP contribution is 2.46. The molecule has 276 valence electrons. The first-order valence-corrected chi connectivity index (χ1v) is 20.1. The van der Waals surface area contributed by atoms with Gasteiger partial charge >= 0.3 is 0 Å². The molecule has 0 unspecified atom stereocenters. The Bertz CT molecular complexity index is 3130. The van der Waals surface area contributed by atoms with Gasteiger partial charge in [-0.1, -0.05) is 194 Å². The van der Waals surface area contributed by atoms with Gasteiger partial charge in [0.2, 0.25) is 5.95 Å². The molecule has 0 N–H and O–H groups in total. The average Bonchev–Trinajstić information content (AvgIpc) is 3.66. The largest absolute Gasteiger partial charge is 0.277 e. The molecule has 2 aromatic heterocycles. The molecule has 0 fully saturated rings. The van der Waals surface area contributed by atoms with E-state index in [1.165, 1.54) is 11.1 Å². The van der Waals surface area contributed by atoms with E-state index in [-0.39, 0.29) is 0 Å². The Balaban J connectivity index is 1.29. The van der Waals surface area contributed by atoms with Gasteiger partial charge in [-0.3, -0.25) is 4.57 Å². The summed E-state index contributed by atoms with van der Waals surface area (Å²) in [4.78, 5) is 11.1. The van der Waals surface area contributed by atoms with Crippen molar-refractivity contribution in [2.45, 2.75) is 0 Å². The van der Waals surface area contributed by atoms with E-state index < -0.39 is 0 Å². The standard InChI is InChI=1S/C56H37N3/c1-6-18-38(19-7-1)41-30-32-44(33-31-41)53-47-28-16-17-29-52(47)57-56(58-53)59-54-48(42-24-12-4-13-25-42)34-45(39-20-8-2-9-21-39)36-50(54)51-37-46(40-22-10-3-11-23-40)35-49(55(51)59)43-26-14-5-15-27-43/h1-37H. The molecule has 11 aromatic rings. The predicted molar refractivity (Wildman–Crippen MR) is 246 cm³/mol. The minimum absolute atomic E-state index is 0.625. The summed E-state index contributed by atoms with van der Waals surface area (Å²) in [6.45, 7) is 0. The number of hydrogen-bond donors (Lipinski definition) is 0. The van der Waals surface area contributed by atoms with Gasteiger partial charge in [-0.2, -0.15) is 0 Å². The summed E-state index contributed by atoms with van der Waals surface area (Å²) in [7, 11) is 0. The van der Waals surface area contributed by atoms with Crippen molar-refractivity contribution in [2.75, 3.05) is 0 Å². The average molecular weight is 752 g/mol. The lowest BCUT2D eigenvalue weighted by atomic mass is 9.93. The number of rotatable bonds is 7. The Hall–Kier alpha value is -7.88. The van der Waals surface area contributed by atoms with Crippen molar-refractivity contribution >= 4 is 32.7 Å². The molecule has 0 atom stereocenters. The molecule has 0 saturated heterocycles. The number of nitrogens with zero attached hydrogens (tertiary/aromatic N) is 3. The van der Waals surface area contributed by atoms with Gasteiger partial charge in [0, 0.05) is 32.8 Å². The highest BCUT2D eigenvalue weighted by Gasteiger charge is 2.25. The van der Waals surface area contributed by atoms with Gasteiger partial charge in [0.05, 0.1) is 22.2 Å².